The summed E-state index contributed by atoms with van der Waals surface area (Å²) >= 11 is 5.53. The molecule has 1 N–H and O–H groups in total. The first-order valence-electron chi connectivity index (χ1n) is 7.34. The zero-order valence-electron chi connectivity index (χ0n) is 12.9. The molecular weight excluding hydrogens is 342 g/mol. The number of benzene rings is 2. The second kappa shape index (κ2) is 8.02. The summed E-state index contributed by atoms with van der Waals surface area (Å²) in [6.07, 6.45) is 1.17. The Morgan fingerprint density at radius 2 is 1.86 bits per heavy atom. The molecule has 0 aliphatic heterocycles. The van der Waals surface area contributed by atoms with Crippen LogP contribution in [0.3, 0.4) is 0 Å². The lowest BCUT2D eigenvalue weighted by Gasteiger charge is -2.10. The minimum Gasteiger partial charge on any atom is -0.313 e. The summed E-state index contributed by atoms with van der Waals surface area (Å²) in [5, 5.41) is 3.44. The second-order valence-electron chi connectivity index (χ2n) is 5.31. The Labute approximate surface area is 140 Å². The molecule has 0 aliphatic carbocycles. The van der Waals surface area contributed by atoms with Crippen LogP contribution in [0.15, 0.2) is 50.7 Å². The molecule has 0 bridgehead atoms. The van der Waals surface area contributed by atoms with Crippen molar-refractivity contribution in [3.8, 4) is 0 Å². The molecule has 0 spiro atoms. The molecule has 0 fully saturated rings. The van der Waals surface area contributed by atoms with E-state index >= 15 is 0 Å². The average Bonchev–Trinajstić information content (AvgIpc) is 2.46. The lowest BCUT2D eigenvalue weighted by Crippen LogP contribution is -2.13. The minimum absolute atomic E-state index is 0.931. The van der Waals surface area contributed by atoms with Crippen molar-refractivity contribution in [1.82, 2.24) is 5.32 Å². The highest BCUT2D eigenvalue weighted by molar-refractivity contribution is 9.10. The molecule has 1 nitrogen and oxygen atoms in total. The summed E-state index contributed by atoms with van der Waals surface area (Å²) in [5.74, 6) is 0. The Morgan fingerprint density at radius 3 is 2.57 bits per heavy atom. The zero-order chi connectivity index (χ0) is 15.2. The van der Waals surface area contributed by atoms with Crippen LogP contribution in [-0.4, -0.2) is 6.54 Å². The van der Waals surface area contributed by atoms with Crippen LogP contribution in [-0.2, 0) is 6.54 Å². The monoisotopic (exact) mass is 363 g/mol. The number of aryl methyl sites for hydroxylation is 2. The fraction of sp³-hybridized carbons (Fsp3) is 0.333. The van der Waals surface area contributed by atoms with Crippen molar-refractivity contribution in [2.45, 2.75) is 43.5 Å². The molecule has 0 saturated carbocycles. The van der Waals surface area contributed by atoms with E-state index in [9.17, 15) is 0 Å². The van der Waals surface area contributed by atoms with Gasteiger partial charge in [0.2, 0.25) is 0 Å². The average molecular weight is 364 g/mol. The van der Waals surface area contributed by atoms with Crippen molar-refractivity contribution in [2.75, 3.05) is 6.54 Å². The molecule has 2 aromatic carbocycles. The van der Waals surface area contributed by atoms with E-state index in [1.807, 2.05) is 11.8 Å². The third-order valence-corrected chi connectivity index (χ3v) is 5.47. The van der Waals surface area contributed by atoms with Gasteiger partial charge >= 0.3 is 0 Å². The Morgan fingerprint density at radius 1 is 1.05 bits per heavy atom. The quantitative estimate of drug-likeness (QED) is 0.658. The number of hydrogen-bond donors (Lipinski definition) is 1. The topological polar surface area (TPSA) is 12.0 Å². The van der Waals surface area contributed by atoms with Gasteiger partial charge in [-0.3, -0.25) is 0 Å². The van der Waals surface area contributed by atoms with Gasteiger partial charge in [0.05, 0.1) is 0 Å². The standard InChI is InChI=1S/C18H22BrNS/c1-4-9-20-12-15-7-8-17(16(19)11-15)21-18-10-13(2)5-6-14(18)3/h5-8,10-11,20H,4,9,12H2,1-3H3. The van der Waals surface area contributed by atoms with E-state index in [-0.39, 0.29) is 0 Å². The van der Waals surface area contributed by atoms with E-state index in [0.717, 1.165) is 13.1 Å². The maximum atomic E-state index is 3.71. The molecule has 0 radical (unpaired) electrons. The molecule has 0 aromatic heterocycles. The number of halogens is 1. The van der Waals surface area contributed by atoms with Crippen molar-refractivity contribution < 1.29 is 0 Å². The van der Waals surface area contributed by atoms with E-state index in [1.165, 1.54) is 37.4 Å². The van der Waals surface area contributed by atoms with Crippen LogP contribution in [0.1, 0.15) is 30.0 Å². The maximum absolute atomic E-state index is 3.71. The van der Waals surface area contributed by atoms with Crippen molar-refractivity contribution in [2.24, 2.45) is 0 Å². The van der Waals surface area contributed by atoms with Gasteiger partial charge in [0.15, 0.2) is 0 Å². The molecule has 0 saturated heterocycles. The van der Waals surface area contributed by atoms with E-state index in [0.29, 0.717) is 0 Å². The molecule has 112 valence electrons. The van der Waals surface area contributed by atoms with Crippen LogP contribution in [0.4, 0.5) is 0 Å². The van der Waals surface area contributed by atoms with Crippen LogP contribution in [0.25, 0.3) is 0 Å². The van der Waals surface area contributed by atoms with E-state index in [4.69, 9.17) is 0 Å². The summed E-state index contributed by atoms with van der Waals surface area (Å²) in [4.78, 5) is 2.59. The van der Waals surface area contributed by atoms with E-state index in [1.54, 1.807) is 0 Å². The van der Waals surface area contributed by atoms with Crippen LogP contribution in [0.2, 0.25) is 0 Å². The first-order chi connectivity index (χ1) is 10.1. The van der Waals surface area contributed by atoms with Crippen molar-refractivity contribution in [3.63, 3.8) is 0 Å². The van der Waals surface area contributed by atoms with Gasteiger partial charge in [0.25, 0.3) is 0 Å². The predicted molar refractivity (Wildman–Crippen MR) is 96.2 cm³/mol. The van der Waals surface area contributed by atoms with Gasteiger partial charge in [-0.15, -0.1) is 0 Å². The normalized spacial score (nSPS) is 10.9. The van der Waals surface area contributed by atoms with Crippen LogP contribution < -0.4 is 5.32 Å². The highest BCUT2D eigenvalue weighted by Gasteiger charge is 2.06. The van der Waals surface area contributed by atoms with E-state index in [2.05, 4.69) is 78.4 Å². The Kier molecular flexibility index (Phi) is 6.34. The van der Waals surface area contributed by atoms with Crippen LogP contribution in [0.5, 0.6) is 0 Å². The van der Waals surface area contributed by atoms with Gasteiger partial charge in [-0.25, -0.2) is 0 Å². The molecule has 0 aliphatic rings. The third-order valence-electron chi connectivity index (χ3n) is 3.32. The number of nitrogens with one attached hydrogen (secondary N) is 1. The van der Waals surface area contributed by atoms with Crippen molar-refractivity contribution in [3.05, 3.63) is 57.6 Å². The summed E-state index contributed by atoms with van der Waals surface area (Å²) in [5.41, 5.74) is 3.95. The predicted octanol–water partition coefficient (Wildman–Crippen LogP) is 5.72. The third kappa shape index (κ3) is 4.87. The summed E-state index contributed by atoms with van der Waals surface area (Å²) < 4.78 is 1.17. The Bertz CT molecular complexity index is 610. The van der Waals surface area contributed by atoms with Crippen molar-refractivity contribution in [1.29, 1.82) is 0 Å². The van der Waals surface area contributed by atoms with Gasteiger partial charge in [0.1, 0.15) is 0 Å². The molecule has 0 amide bonds. The van der Waals surface area contributed by atoms with Gasteiger partial charge in [-0.2, -0.15) is 0 Å². The SMILES string of the molecule is CCCNCc1ccc(Sc2cc(C)ccc2C)c(Br)c1. The van der Waals surface area contributed by atoms with Crippen molar-refractivity contribution >= 4 is 27.7 Å². The van der Waals surface area contributed by atoms with E-state index < -0.39 is 0 Å². The maximum Gasteiger partial charge on any atom is 0.0318 e. The Hall–Kier alpha value is -0.770. The lowest BCUT2D eigenvalue weighted by molar-refractivity contribution is 0.675. The fourth-order valence-corrected chi connectivity index (χ4v) is 3.75. The molecule has 0 heterocycles. The molecule has 2 aromatic rings. The number of hydrogen-bond acceptors (Lipinski definition) is 2. The molecule has 21 heavy (non-hydrogen) atoms. The molecule has 0 atom stereocenters. The summed E-state index contributed by atoms with van der Waals surface area (Å²) in [7, 11) is 0. The van der Waals surface area contributed by atoms with Gasteiger partial charge in [-0.05, 0) is 77.6 Å². The van der Waals surface area contributed by atoms with Gasteiger partial charge in [0, 0.05) is 20.8 Å². The molecule has 2 rings (SSSR count). The first-order valence-corrected chi connectivity index (χ1v) is 8.95. The fourth-order valence-electron chi connectivity index (χ4n) is 2.08. The molecule has 0 unspecified atom stereocenters. The molecule has 3 heteroatoms. The minimum atomic E-state index is 0.931. The number of rotatable bonds is 6. The highest BCUT2D eigenvalue weighted by Crippen LogP contribution is 2.36. The molecular formula is C18H22BrNS. The van der Waals surface area contributed by atoms with Gasteiger partial charge < -0.3 is 5.32 Å². The smallest absolute Gasteiger partial charge is 0.0318 e. The zero-order valence-corrected chi connectivity index (χ0v) is 15.3. The summed E-state index contributed by atoms with van der Waals surface area (Å²) in [6, 6.07) is 13.2. The lowest BCUT2D eigenvalue weighted by atomic mass is 10.2. The van der Waals surface area contributed by atoms with Crippen LogP contribution >= 0.6 is 27.7 Å². The second-order valence-corrected chi connectivity index (χ2v) is 7.25. The first kappa shape index (κ1) is 16.6. The van der Waals surface area contributed by atoms with Crippen LogP contribution in [0, 0.1) is 13.8 Å². The Balaban J connectivity index is 2.12. The summed E-state index contributed by atoms with van der Waals surface area (Å²) in [6.45, 7) is 8.49. The van der Waals surface area contributed by atoms with Gasteiger partial charge in [-0.1, -0.05) is 36.9 Å². The largest absolute Gasteiger partial charge is 0.313 e. The highest BCUT2D eigenvalue weighted by atomic mass is 79.9.